The van der Waals surface area contributed by atoms with Gasteiger partial charge in [-0.25, -0.2) is 4.68 Å². The molecule has 0 fully saturated rings. The summed E-state index contributed by atoms with van der Waals surface area (Å²) in [7, 11) is 1.70. The van der Waals surface area contributed by atoms with E-state index in [-0.39, 0.29) is 10.9 Å². The minimum Gasteiger partial charge on any atom is -0.337 e. The van der Waals surface area contributed by atoms with Crippen molar-refractivity contribution in [2.45, 2.75) is 6.54 Å². The van der Waals surface area contributed by atoms with E-state index in [1.165, 1.54) is 12.3 Å². The summed E-state index contributed by atoms with van der Waals surface area (Å²) in [5, 5.41) is 4.75. The van der Waals surface area contributed by atoms with Crippen molar-refractivity contribution in [2.75, 3.05) is 7.05 Å². The number of aromatic amines is 1. The lowest BCUT2D eigenvalue weighted by Crippen LogP contribution is -2.27. The molecule has 0 aliphatic carbocycles. The molecule has 0 radical (unpaired) electrons. The summed E-state index contributed by atoms with van der Waals surface area (Å²) in [5.74, 6) is -0.250. The van der Waals surface area contributed by atoms with Crippen LogP contribution in [0, 0.1) is 0 Å². The zero-order valence-corrected chi connectivity index (χ0v) is 17.0. The molecule has 2 aromatic carbocycles. The quantitative estimate of drug-likeness (QED) is 0.529. The maximum atomic E-state index is 12.9. The van der Waals surface area contributed by atoms with Crippen molar-refractivity contribution >= 4 is 17.5 Å². The van der Waals surface area contributed by atoms with Gasteiger partial charge in [-0.15, -0.1) is 0 Å². The van der Waals surface area contributed by atoms with Gasteiger partial charge in [-0.1, -0.05) is 60.1 Å². The Labute approximate surface area is 178 Å². The molecule has 0 aliphatic rings. The second-order valence-corrected chi connectivity index (χ2v) is 7.28. The van der Waals surface area contributed by atoms with Crippen LogP contribution in [0.4, 0.5) is 0 Å². The molecule has 0 unspecified atom stereocenters. The lowest BCUT2D eigenvalue weighted by atomic mass is 10.1. The van der Waals surface area contributed by atoms with Gasteiger partial charge >= 0.3 is 0 Å². The average molecular weight is 419 g/mol. The topological polar surface area (TPSA) is 71.0 Å². The van der Waals surface area contributed by atoms with Gasteiger partial charge in [0, 0.05) is 37.1 Å². The highest BCUT2D eigenvalue weighted by atomic mass is 35.5. The third-order valence-corrected chi connectivity index (χ3v) is 5.00. The highest BCUT2D eigenvalue weighted by Crippen LogP contribution is 2.25. The minimum atomic E-state index is -0.425. The number of hydrogen-bond donors (Lipinski definition) is 1. The van der Waals surface area contributed by atoms with Crippen LogP contribution >= 0.6 is 11.6 Å². The van der Waals surface area contributed by atoms with E-state index in [0.717, 1.165) is 22.5 Å². The summed E-state index contributed by atoms with van der Waals surface area (Å²) in [5.41, 5.74) is 3.50. The van der Waals surface area contributed by atoms with Crippen LogP contribution in [0.15, 0.2) is 83.9 Å². The van der Waals surface area contributed by atoms with Crippen molar-refractivity contribution in [1.82, 2.24) is 19.7 Å². The lowest BCUT2D eigenvalue weighted by Gasteiger charge is -2.17. The molecule has 0 aliphatic heterocycles. The maximum Gasteiger partial charge on any atom is 0.266 e. The Morgan fingerprint density at radius 1 is 1.10 bits per heavy atom. The van der Waals surface area contributed by atoms with Crippen LogP contribution in [0.1, 0.15) is 15.9 Å². The fourth-order valence-corrected chi connectivity index (χ4v) is 3.38. The Morgan fingerprint density at radius 3 is 2.43 bits per heavy atom. The van der Waals surface area contributed by atoms with E-state index < -0.39 is 5.56 Å². The summed E-state index contributed by atoms with van der Waals surface area (Å²) in [6.45, 7) is 0.340. The zero-order valence-electron chi connectivity index (χ0n) is 16.2. The number of amides is 1. The number of hydrogen-bond acceptors (Lipinski definition) is 3. The number of nitrogens with one attached hydrogen (secondary N) is 1. The first-order valence-electron chi connectivity index (χ1n) is 9.36. The third-order valence-electron chi connectivity index (χ3n) is 4.72. The smallest absolute Gasteiger partial charge is 0.266 e. The molecule has 0 saturated heterocycles. The van der Waals surface area contributed by atoms with Crippen molar-refractivity contribution in [3.63, 3.8) is 0 Å². The van der Waals surface area contributed by atoms with E-state index >= 15 is 0 Å². The molecule has 6 nitrogen and oxygen atoms in total. The van der Waals surface area contributed by atoms with Crippen LogP contribution in [0.5, 0.6) is 0 Å². The number of nitrogens with zero attached hydrogens (tertiary/aromatic N) is 3. The third kappa shape index (κ3) is 4.04. The summed E-state index contributed by atoms with van der Waals surface area (Å²) < 4.78 is 1.81. The average Bonchev–Trinajstić information content (AvgIpc) is 3.20. The molecular formula is C23H19ClN4O2. The van der Waals surface area contributed by atoms with Gasteiger partial charge in [0.2, 0.25) is 0 Å². The predicted octanol–water partition coefficient (Wildman–Crippen LogP) is 4.15. The molecule has 2 aromatic heterocycles. The molecule has 1 N–H and O–H groups in total. The molecule has 0 bridgehead atoms. The molecule has 4 aromatic rings. The van der Waals surface area contributed by atoms with E-state index in [0.29, 0.717) is 12.1 Å². The van der Waals surface area contributed by atoms with Crippen molar-refractivity contribution in [3.8, 4) is 16.9 Å². The Hall–Kier alpha value is -3.64. The highest BCUT2D eigenvalue weighted by Gasteiger charge is 2.18. The van der Waals surface area contributed by atoms with Crippen molar-refractivity contribution in [1.29, 1.82) is 0 Å². The van der Waals surface area contributed by atoms with Gasteiger partial charge in [-0.3, -0.25) is 9.59 Å². The number of benzene rings is 2. The summed E-state index contributed by atoms with van der Waals surface area (Å²) in [6, 6.07) is 21.0. The number of carbonyl (C=O) groups is 1. The van der Waals surface area contributed by atoms with Gasteiger partial charge in [-0.2, -0.15) is 5.10 Å². The van der Waals surface area contributed by atoms with E-state index in [2.05, 4.69) is 4.98 Å². The molecule has 1 amide bonds. The first-order chi connectivity index (χ1) is 14.5. The van der Waals surface area contributed by atoms with Gasteiger partial charge in [0.25, 0.3) is 11.5 Å². The van der Waals surface area contributed by atoms with Gasteiger partial charge < -0.3 is 9.88 Å². The SMILES string of the molecule is CN(Cc1cn(-c2ccccc2)nc1-c1ccccc1)C(=O)c1c[nH]c(=O)c(Cl)c1. The molecule has 30 heavy (non-hydrogen) atoms. The van der Waals surface area contributed by atoms with Crippen LogP contribution < -0.4 is 5.56 Å². The summed E-state index contributed by atoms with van der Waals surface area (Å²) in [6.07, 6.45) is 3.31. The molecule has 2 heterocycles. The second kappa shape index (κ2) is 8.39. The normalized spacial score (nSPS) is 10.7. The molecule has 7 heteroatoms. The van der Waals surface area contributed by atoms with Gasteiger partial charge in [-0.05, 0) is 18.2 Å². The van der Waals surface area contributed by atoms with Crippen LogP contribution in [-0.2, 0) is 6.54 Å². The molecule has 4 rings (SSSR count). The van der Waals surface area contributed by atoms with E-state index in [1.807, 2.05) is 71.5 Å². The van der Waals surface area contributed by atoms with Gasteiger partial charge in [0.1, 0.15) is 5.02 Å². The number of carbonyl (C=O) groups excluding carboxylic acids is 1. The fourth-order valence-electron chi connectivity index (χ4n) is 3.20. The van der Waals surface area contributed by atoms with Crippen LogP contribution in [0.25, 0.3) is 16.9 Å². The fraction of sp³-hybridized carbons (Fsp3) is 0.0870. The monoisotopic (exact) mass is 418 g/mol. The first-order valence-corrected chi connectivity index (χ1v) is 9.74. The molecule has 0 saturated carbocycles. The highest BCUT2D eigenvalue weighted by molar-refractivity contribution is 6.30. The number of halogens is 1. The number of rotatable bonds is 5. The number of para-hydroxylation sites is 1. The zero-order chi connectivity index (χ0) is 21.1. The summed E-state index contributed by atoms with van der Waals surface area (Å²) >= 11 is 5.87. The van der Waals surface area contributed by atoms with E-state index in [9.17, 15) is 9.59 Å². The number of pyridine rings is 1. The van der Waals surface area contributed by atoms with Crippen LogP contribution in [-0.4, -0.2) is 32.6 Å². The standard InChI is InChI=1S/C23H19ClN4O2/c1-27(23(30)17-12-20(24)22(29)25-13-17)14-18-15-28(19-10-6-3-7-11-19)26-21(18)16-8-4-2-5-9-16/h2-13,15H,14H2,1H3,(H,25,29). The lowest BCUT2D eigenvalue weighted by molar-refractivity contribution is 0.0785. The van der Waals surface area contributed by atoms with Crippen LogP contribution in [0.3, 0.4) is 0 Å². The maximum absolute atomic E-state index is 12.9. The minimum absolute atomic E-state index is 0.0175. The molecular weight excluding hydrogens is 400 g/mol. The largest absolute Gasteiger partial charge is 0.337 e. The van der Waals surface area contributed by atoms with E-state index in [1.54, 1.807) is 11.9 Å². The van der Waals surface area contributed by atoms with Crippen molar-refractivity contribution in [2.24, 2.45) is 0 Å². The first kappa shape index (κ1) is 19.7. The Balaban J connectivity index is 1.68. The number of H-pyrrole nitrogens is 1. The van der Waals surface area contributed by atoms with Gasteiger partial charge in [0.05, 0.1) is 16.9 Å². The predicted molar refractivity (Wildman–Crippen MR) is 117 cm³/mol. The second-order valence-electron chi connectivity index (χ2n) is 6.88. The van der Waals surface area contributed by atoms with Crippen LogP contribution in [0.2, 0.25) is 5.02 Å². The Morgan fingerprint density at radius 2 is 1.77 bits per heavy atom. The van der Waals surface area contributed by atoms with Gasteiger partial charge in [0.15, 0.2) is 0 Å². The Kier molecular flexibility index (Phi) is 5.50. The van der Waals surface area contributed by atoms with E-state index in [4.69, 9.17) is 16.7 Å². The van der Waals surface area contributed by atoms with Crippen molar-refractivity contribution < 1.29 is 4.79 Å². The summed E-state index contributed by atoms with van der Waals surface area (Å²) in [4.78, 5) is 28.4. The van der Waals surface area contributed by atoms with Crippen molar-refractivity contribution in [3.05, 3.63) is 106 Å². The number of aromatic nitrogens is 3. The molecule has 0 spiro atoms. The molecule has 150 valence electrons. The Bertz CT molecular complexity index is 1230. The molecule has 0 atom stereocenters.